The number of rotatable bonds is 4. The van der Waals surface area contributed by atoms with E-state index in [9.17, 15) is 17.6 Å². The van der Waals surface area contributed by atoms with Crippen molar-refractivity contribution < 1.29 is 22.3 Å². The van der Waals surface area contributed by atoms with Crippen LogP contribution in [0.15, 0.2) is 41.4 Å². The maximum atomic E-state index is 13.6. The molecule has 1 aliphatic rings. The van der Waals surface area contributed by atoms with Crippen molar-refractivity contribution in [3.05, 3.63) is 53.6 Å². The minimum absolute atomic E-state index is 0. The molecule has 1 aromatic carbocycles. The Kier molecular flexibility index (Phi) is 6.63. The van der Waals surface area contributed by atoms with Crippen LogP contribution in [0.5, 0.6) is 0 Å². The fourth-order valence-corrected chi connectivity index (χ4v) is 4.78. The van der Waals surface area contributed by atoms with Crippen molar-refractivity contribution in [2.45, 2.75) is 10.9 Å². The van der Waals surface area contributed by atoms with E-state index in [1.54, 1.807) is 19.2 Å². The first-order chi connectivity index (χ1) is 12.3. The van der Waals surface area contributed by atoms with Crippen LogP contribution in [0.3, 0.4) is 0 Å². The molecule has 27 heavy (non-hydrogen) atoms. The molecule has 1 fully saturated rings. The molecule has 0 saturated carbocycles. The number of aryl methyl sites for hydroxylation is 1. The minimum atomic E-state index is -3.87. The first-order valence-corrected chi connectivity index (χ1v) is 9.51. The number of esters is 1. The van der Waals surface area contributed by atoms with Crippen LogP contribution in [-0.4, -0.2) is 50.0 Å². The number of methoxy groups -OCH3 is 1. The molecule has 3 rings (SSSR count). The number of carbonyl (C=O) groups is 1. The molecule has 1 unspecified atom stereocenters. The van der Waals surface area contributed by atoms with Crippen LogP contribution in [0, 0.1) is 5.82 Å². The second-order valence-electron chi connectivity index (χ2n) is 6.05. The van der Waals surface area contributed by atoms with E-state index in [2.05, 4.69) is 10.1 Å². The van der Waals surface area contributed by atoms with Crippen molar-refractivity contribution in [3.63, 3.8) is 0 Å². The van der Waals surface area contributed by atoms with E-state index in [1.165, 1.54) is 40.4 Å². The molecule has 0 bridgehead atoms. The molecule has 10 heteroatoms. The monoisotopic (exact) mass is 417 g/mol. The van der Waals surface area contributed by atoms with Gasteiger partial charge < -0.3 is 14.6 Å². The fraction of sp³-hybridized carbons (Fsp3) is 0.353. The first-order valence-electron chi connectivity index (χ1n) is 8.07. The van der Waals surface area contributed by atoms with Crippen molar-refractivity contribution in [2.75, 3.05) is 26.7 Å². The van der Waals surface area contributed by atoms with Gasteiger partial charge in [-0.2, -0.15) is 4.31 Å². The second-order valence-corrected chi connectivity index (χ2v) is 7.94. The lowest BCUT2D eigenvalue weighted by molar-refractivity contribution is 0.0590. The quantitative estimate of drug-likeness (QED) is 0.766. The summed E-state index contributed by atoms with van der Waals surface area (Å²) in [7, 11) is -1.06. The average molecular weight is 418 g/mol. The van der Waals surface area contributed by atoms with Crippen LogP contribution >= 0.6 is 12.4 Å². The van der Waals surface area contributed by atoms with E-state index in [0.717, 1.165) is 0 Å². The molecule has 1 aromatic heterocycles. The number of sulfonamides is 1. The molecular formula is C17H21ClFN3O4S. The molecule has 148 valence electrons. The predicted octanol–water partition coefficient (Wildman–Crippen LogP) is 1.71. The fourth-order valence-electron chi connectivity index (χ4n) is 3.09. The SMILES string of the molecule is COC(=O)c1cc(S(=O)(=O)N2CCNCC2c2cccc(F)c2)cn1C.Cl. The van der Waals surface area contributed by atoms with Crippen molar-refractivity contribution >= 4 is 28.4 Å². The Morgan fingerprint density at radius 1 is 1.33 bits per heavy atom. The molecule has 1 saturated heterocycles. The average Bonchev–Trinajstić information content (AvgIpc) is 3.03. The van der Waals surface area contributed by atoms with Crippen LogP contribution in [0.1, 0.15) is 22.1 Å². The highest BCUT2D eigenvalue weighted by atomic mass is 35.5. The van der Waals surface area contributed by atoms with Gasteiger partial charge in [0.05, 0.1) is 13.2 Å². The van der Waals surface area contributed by atoms with Crippen LogP contribution in [0.25, 0.3) is 0 Å². The number of halogens is 2. The highest BCUT2D eigenvalue weighted by Crippen LogP contribution is 2.30. The van der Waals surface area contributed by atoms with Gasteiger partial charge in [-0.1, -0.05) is 12.1 Å². The Bertz CT molecular complexity index is 932. The highest BCUT2D eigenvalue weighted by Gasteiger charge is 2.35. The Balaban J connectivity index is 0.00000261. The molecule has 0 spiro atoms. The molecule has 7 nitrogen and oxygen atoms in total. The third-order valence-corrected chi connectivity index (χ3v) is 6.28. The maximum absolute atomic E-state index is 13.6. The van der Waals surface area contributed by atoms with Gasteiger partial charge in [0.15, 0.2) is 0 Å². The summed E-state index contributed by atoms with van der Waals surface area (Å²) in [5.74, 6) is -1.03. The molecule has 0 amide bonds. The number of carbonyl (C=O) groups excluding carboxylic acids is 1. The van der Waals surface area contributed by atoms with Crippen molar-refractivity contribution in [3.8, 4) is 0 Å². The van der Waals surface area contributed by atoms with Gasteiger partial charge in [-0.3, -0.25) is 0 Å². The number of ether oxygens (including phenoxy) is 1. The first kappa shape index (κ1) is 21.4. The van der Waals surface area contributed by atoms with Crippen LogP contribution in [0.2, 0.25) is 0 Å². The Hall–Kier alpha value is -1.94. The standard InChI is InChI=1S/C17H20FN3O4S.ClH/c1-20-11-14(9-15(20)17(22)25-2)26(23,24)21-7-6-19-10-16(21)12-4-3-5-13(18)8-12;/h3-5,8-9,11,16,19H,6-7,10H2,1-2H3;1H. The summed E-state index contributed by atoms with van der Waals surface area (Å²) in [6.07, 6.45) is 1.38. The maximum Gasteiger partial charge on any atom is 0.354 e. The lowest BCUT2D eigenvalue weighted by Gasteiger charge is -2.35. The van der Waals surface area contributed by atoms with Gasteiger partial charge in [-0.25, -0.2) is 17.6 Å². The number of hydrogen-bond donors (Lipinski definition) is 1. The number of nitrogens with one attached hydrogen (secondary N) is 1. The van der Waals surface area contributed by atoms with Crippen molar-refractivity contribution in [2.24, 2.45) is 7.05 Å². The summed E-state index contributed by atoms with van der Waals surface area (Å²) in [6, 6.07) is 6.68. The van der Waals surface area contributed by atoms with Gasteiger partial charge in [0.2, 0.25) is 10.0 Å². The molecule has 2 heterocycles. The van der Waals surface area contributed by atoms with E-state index in [1.807, 2.05) is 0 Å². The zero-order valence-electron chi connectivity index (χ0n) is 14.9. The molecule has 1 atom stereocenters. The summed E-state index contributed by atoms with van der Waals surface area (Å²) in [6.45, 7) is 1.10. The Morgan fingerprint density at radius 3 is 2.74 bits per heavy atom. The lowest BCUT2D eigenvalue weighted by Crippen LogP contribution is -2.48. The van der Waals surface area contributed by atoms with Crippen LogP contribution < -0.4 is 5.32 Å². The van der Waals surface area contributed by atoms with Gasteiger partial charge >= 0.3 is 5.97 Å². The van der Waals surface area contributed by atoms with E-state index in [4.69, 9.17) is 0 Å². The van der Waals surface area contributed by atoms with E-state index >= 15 is 0 Å². The minimum Gasteiger partial charge on any atom is -0.464 e. The van der Waals surface area contributed by atoms with Gasteiger partial charge in [0.1, 0.15) is 16.4 Å². The number of aromatic nitrogens is 1. The van der Waals surface area contributed by atoms with Gasteiger partial charge in [-0.15, -0.1) is 12.4 Å². The predicted molar refractivity (Wildman–Crippen MR) is 99.9 cm³/mol. The normalized spacial score (nSPS) is 18.0. The summed E-state index contributed by atoms with van der Waals surface area (Å²) < 4.78 is 47.4. The number of piperazine rings is 1. The summed E-state index contributed by atoms with van der Waals surface area (Å²) in [4.78, 5) is 11.8. The number of nitrogens with zero attached hydrogens (tertiary/aromatic N) is 2. The largest absolute Gasteiger partial charge is 0.464 e. The van der Waals surface area contributed by atoms with E-state index < -0.39 is 27.9 Å². The summed E-state index contributed by atoms with van der Waals surface area (Å²) in [5.41, 5.74) is 0.716. The zero-order chi connectivity index (χ0) is 18.9. The van der Waals surface area contributed by atoms with Crippen LogP contribution in [-0.2, 0) is 21.8 Å². The van der Waals surface area contributed by atoms with Gasteiger partial charge in [0.25, 0.3) is 0 Å². The third kappa shape index (κ3) is 4.16. The smallest absolute Gasteiger partial charge is 0.354 e. The topological polar surface area (TPSA) is 80.6 Å². The molecule has 0 radical (unpaired) electrons. The van der Waals surface area contributed by atoms with Crippen LogP contribution in [0.4, 0.5) is 4.39 Å². The second kappa shape index (κ2) is 8.39. The Labute approximate surface area is 163 Å². The summed E-state index contributed by atoms with van der Waals surface area (Å²) in [5, 5.41) is 3.14. The van der Waals surface area contributed by atoms with Crippen molar-refractivity contribution in [1.82, 2.24) is 14.2 Å². The third-order valence-electron chi connectivity index (χ3n) is 4.41. The van der Waals surface area contributed by atoms with E-state index in [-0.39, 0.29) is 29.5 Å². The Morgan fingerprint density at radius 2 is 2.07 bits per heavy atom. The molecule has 1 aliphatic heterocycles. The van der Waals surface area contributed by atoms with E-state index in [0.29, 0.717) is 18.7 Å². The number of hydrogen-bond acceptors (Lipinski definition) is 5. The summed E-state index contributed by atoms with van der Waals surface area (Å²) >= 11 is 0. The molecular weight excluding hydrogens is 397 g/mol. The molecule has 1 N–H and O–H groups in total. The van der Waals surface area contributed by atoms with Gasteiger partial charge in [-0.05, 0) is 23.8 Å². The number of benzene rings is 1. The molecule has 0 aliphatic carbocycles. The van der Waals surface area contributed by atoms with Crippen molar-refractivity contribution in [1.29, 1.82) is 0 Å². The lowest BCUT2D eigenvalue weighted by atomic mass is 10.1. The highest BCUT2D eigenvalue weighted by molar-refractivity contribution is 7.89. The molecule has 2 aromatic rings. The zero-order valence-corrected chi connectivity index (χ0v) is 16.5. The van der Waals surface area contributed by atoms with Gasteiger partial charge in [0, 0.05) is 32.9 Å².